The van der Waals surface area contributed by atoms with Crippen LogP contribution in [0.25, 0.3) is 0 Å². The lowest BCUT2D eigenvalue weighted by molar-refractivity contribution is 0.605. The van der Waals surface area contributed by atoms with Gasteiger partial charge in [0, 0.05) is 9.35 Å². The largest absolute Gasteiger partial charge is 0.306 e. The van der Waals surface area contributed by atoms with Gasteiger partial charge in [-0.1, -0.05) is 25.1 Å². The lowest BCUT2D eigenvalue weighted by atomic mass is 10.00. The molecule has 2 rings (SSSR count). The van der Waals surface area contributed by atoms with Gasteiger partial charge in [-0.25, -0.2) is 0 Å². The maximum absolute atomic E-state index is 3.66. The Morgan fingerprint density at radius 2 is 1.90 bits per heavy atom. The van der Waals surface area contributed by atoms with Crippen LogP contribution in [-0.2, 0) is 0 Å². The highest BCUT2D eigenvalue weighted by atomic mass is 79.9. The Labute approximate surface area is 142 Å². The van der Waals surface area contributed by atoms with Crippen LogP contribution in [0.15, 0.2) is 32.5 Å². The highest BCUT2D eigenvalue weighted by Crippen LogP contribution is 2.37. The van der Waals surface area contributed by atoms with Crippen LogP contribution in [0.1, 0.15) is 41.0 Å². The Bertz CT molecular complexity index is 573. The second-order valence-electron chi connectivity index (χ2n) is 5.00. The Balaban J connectivity index is 2.38. The molecule has 1 atom stereocenters. The zero-order valence-electron chi connectivity index (χ0n) is 12.0. The van der Waals surface area contributed by atoms with E-state index in [1.54, 1.807) is 11.3 Å². The molecule has 1 heterocycles. The van der Waals surface area contributed by atoms with Crippen molar-refractivity contribution in [3.05, 3.63) is 54.1 Å². The number of hydrogen-bond acceptors (Lipinski definition) is 2. The average molecular weight is 417 g/mol. The van der Waals surface area contributed by atoms with Crippen molar-refractivity contribution in [2.24, 2.45) is 0 Å². The summed E-state index contributed by atoms with van der Waals surface area (Å²) in [5.41, 5.74) is 4.03. The number of hydrogen-bond donors (Lipinski definition) is 1. The topological polar surface area (TPSA) is 12.0 Å². The summed E-state index contributed by atoms with van der Waals surface area (Å²) >= 11 is 8.97. The van der Waals surface area contributed by atoms with Gasteiger partial charge in [0.2, 0.25) is 0 Å². The molecule has 0 fully saturated rings. The number of aryl methyl sites for hydroxylation is 2. The first-order valence-electron chi connectivity index (χ1n) is 6.78. The Kier molecular flexibility index (Phi) is 5.84. The van der Waals surface area contributed by atoms with Gasteiger partial charge in [0.15, 0.2) is 0 Å². The van der Waals surface area contributed by atoms with Gasteiger partial charge in [-0.3, -0.25) is 0 Å². The number of nitrogens with one attached hydrogen (secondary N) is 1. The lowest BCUT2D eigenvalue weighted by Crippen LogP contribution is -2.22. The average Bonchev–Trinajstić information content (AvgIpc) is 2.74. The maximum atomic E-state index is 3.66. The molecule has 108 valence electrons. The smallest absolute Gasteiger partial charge is 0.0843 e. The van der Waals surface area contributed by atoms with Crippen molar-refractivity contribution in [2.45, 2.75) is 33.2 Å². The van der Waals surface area contributed by atoms with E-state index in [-0.39, 0.29) is 6.04 Å². The third-order valence-electron chi connectivity index (χ3n) is 3.41. The monoisotopic (exact) mass is 415 g/mol. The summed E-state index contributed by atoms with van der Waals surface area (Å²) < 4.78 is 2.28. The summed E-state index contributed by atoms with van der Waals surface area (Å²) in [6, 6.07) is 9.21. The normalized spacial score (nSPS) is 12.7. The minimum atomic E-state index is 0.266. The molecule has 0 amide bonds. The van der Waals surface area contributed by atoms with Gasteiger partial charge in [-0.05, 0) is 81.4 Å². The molecule has 2 aromatic rings. The van der Waals surface area contributed by atoms with Gasteiger partial charge in [0.1, 0.15) is 0 Å². The van der Waals surface area contributed by atoms with E-state index in [1.807, 2.05) is 0 Å². The van der Waals surface area contributed by atoms with Crippen molar-refractivity contribution in [1.82, 2.24) is 5.32 Å². The molecule has 0 aliphatic heterocycles. The molecule has 1 nitrogen and oxygen atoms in total. The quantitative estimate of drug-likeness (QED) is 0.632. The zero-order chi connectivity index (χ0) is 14.7. The van der Waals surface area contributed by atoms with E-state index >= 15 is 0 Å². The van der Waals surface area contributed by atoms with Gasteiger partial charge in [0.25, 0.3) is 0 Å². The number of rotatable bonds is 5. The molecule has 1 aromatic carbocycles. The van der Waals surface area contributed by atoms with Crippen molar-refractivity contribution >= 4 is 43.2 Å². The second kappa shape index (κ2) is 7.21. The van der Waals surface area contributed by atoms with Crippen LogP contribution in [0.2, 0.25) is 0 Å². The van der Waals surface area contributed by atoms with Crippen LogP contribution >= 0.6 is 43.2 Å². The summed E-state index contributed by atoms with van der Waals surface area (Å²) in [6.45, 7) is 7.55. The summed E-state index contributed by atoms with van der Waals surface area (Å²) in [5.74, 6) is 0. The van der Waals surface area contributed by atoms with E-state index in [0.717, 1.165) is 21.2 Å². The fraction of sp³-hybridized carbons (Fsp3) is 0.375. The van der Waals surface area contributed by atoms with Crippen molar-refractivity contribution in [3.63, 3.8) is 0 Å². The molecule has 1 unspecified atom stereocenters. The molecular weight excluding hydrogens is 398 g/mol. The molecule has 1 aromatic heterocycles. The Morgan fingerprint density at radius 3 is 2.45 bits per heavy atom. The van der Waals surface area contributed by atoms with Gasteiger partial charge in [-0.2, -0.15) is 0 Å². The van der Waals surface area contributed by atoms with E-state index in [1.165, 1.54) is 21.6 Å². The maximum Gasteiger partial charge on any atom is 0.0843 e. The number of thiophene rings is 1. The summed E-state index contributed by atoms with van der Waals surface area (Å²) in [5, 5.41) is 3.66. The molecule has 0 radical (unpaired) electrons. The third-order valence-corrected chi connectivity index (χ3v) is 6.73. The fourth-order valence-corrected chi connectivity index (χ4v) is 4.31. The first-order chi connectivity index (χ1) is 9.52. The van der Waals surface area contributed by atoms with Crippen LogP contribution in [0.5, 0.6) is 0 Å². The summed E-state index contributed by atoms with van der Waals surface area (Å²) in [6.07, 6.45) is 1.13. The minimum absolute atomic E-state index is 0.266. The molecule has 0 spiro atoms. The third kappa shape index (κ3) is 3.73. The predicted molar refractivity (Wildman–Crippen MR) is 95.8 cm³/mol. The highest BCUT2D eigenvalue weighted by molar-refractivity contribution is 9.13. The lowest BCUT2D eigenvalue weighted by Gasteiger charge is -2.18. The van der Waals surface area contributed by atoms with Crippen molar-refractivity contribution in [1.29, 1.82) is 0 Å². The molecule has 0 aliphatic rings. The first-order valence-corrected chi connectivity index (χ1v) is 9.18. The van der Waals surface area contributed by atoms with E-state index in [0.29, 0.717) is 0 Å². The highest BCUT2D eigenvalue weighted by Gasteiger charge is 2.17. The van der Waals surface area contributed by atoms with Gasteiger partial charge >= 0.3 is 0 Å². The van der Waals surface area contributed by atoms with Crippen LogP contribution in [-0.4, -0.2) is 6.54 Å². The molecular formula is C16H19Br2NS. The van der Waals surface area contributed by atoms with Crippen molar-refractivity contribution in [3.8, 4) is 0 Å². The number of halogens is 2. The van der Waals surface area contributed by atoms with Crippen LogP contribution in [0.3, 0.4) is 0 Å². The van der Waals surface area contributed by atoms with E-state index in [9.17, 15) is 0 Å². The van der Waals surface area contributed by atoms with Gasteiger partial charge in [-0.15, -0.1) is 11.3 Å². The Morgan fingerprint density at radius 1 is 1.15 bits per heavy atom. The fourth-order valence-electron chi connectivity index (χ4n) is 2.12. The van der Waals surface area contributed by atoms with E-state index < -0.39 is 0 Å². The van der Waals surface area contributed by atoms with Crippen LogP contribution in [0, 0.1) is 13.8 Å². The van der Waals surface area contributed by atoms with E-state index in [4.69, 9.17) is 0 Å². The van der Waals surface area contributed by atoms with Crippen molar-refractivity contribution < 1.29 is 0 Å². The van der Waals surface area contributed by atoms with Gasteiger partial charge < -0.3 is 5.32 Å². The number of benzene rings is 1. The minimum Gasteiger partial charge on any atom is -0.306 e. The molecule has 0 saturated heterocycles. The SMILES string of the molecule is CCCNC(c1ccc(C)c(C)c1)c1cc(Br)c(Br)s1. The standard InChI is InChI=1S/C16H19Br2NS/c1-4-7-19-15(14-9-13(17)16(18)20-14)12-6-5-10(2)11(3)8-12/h5-6,8-9,15,19H,4,7H2,1-3H3. The second-order valence-corrected chi connectivity index (χ2v) is 8.26. The zero-order valence-corrected chi connectivity index (χ0v) is 16.0. The summed E-state index contributed by atoms with van der Waals surface area (Å²) in [7, 11) is 0. The molecule has 20 heavy (non-hydrogen) atoms. The van der Waals surface area contributed by atoms with Crippen molar-refractivity contribution in [2.75, 3.05) is 6.54 Å². The molecule has 4 heteroatoms. The first kappa shape index (κ1) is 16.2. The predicted octanol–water partition coefficient (Wildman–Crippen LogP) is 5.98. The molecule has 0 saturated carbocycles. The molecule has 1 N–H and O–H groups in total. The van der Waals surface area contributed by atoms with E-state index in [2.05, 4.69) is 82.2 Å². The molecule has 0 aliphatic carbocycles. The Hall–Kier alpha value is -0.160. The van der Waals surface area contributed by atoms with Crippen LogP contribution < -0.4 is 5.32 Å². The van der Waals surface area contributed by atoms with Crippen LogP contribution in [0.4, 0.5) is 0 Å². The molecule has 0 bridgehead atoms. The summed E-state index contributed by atoms with van der Waals surface area (Å²) in [4.78, 5) is 1.33. The van der Waals surface area contributed by atoms with Gasteiger partial charge in [0.05, 0.1) is 9.83 Å².